The molecule has 3 heteroatoms. The van der Waals surface area contributed by atoms with Crippen LogP contribution in [-0.2, 0) is 4.79 Å². The molecule has 15 heavy (non-hydrogen) atoms. The van der Waals surface area contributed by atoms with Gasteiger partial charge in [0.05, 0.1) is 4.83 Å². The summed E-state index contributed by atoms with van der Waals surface area (Å²) < 4.78 is 0. The largest absolute Gasteiger partial charge is 0.341 e. The first-order chi connectivity index (χ1) is 7.16. The van der Waals surface area contributed by atoms with Crippen LogP contribution in [0.5, 0.6) is 0 Å². The number of likely N-dealkylation sites (tertiary alicyclic amines) is 1. The number of carbonyl (C=O) groups excluding carboxylic acids is 1. The van der Waals surface area contributed by atoms with E-state index in [0.717, 1.165) is 31.3 Å². The Morgan fingerprint density at radius 1 is 1.27 bits per heavy atom. The summed E-state index contributed by atoms with van der Waals surface area (Å²) in [6.07, 6.45) is 6.33. The van der Waals surface area contributed by atoms with E-state index in [0.29, 0.717) is 5.91 Å². The second-order valence-electron chi connectivity index (χ2n) is 5.17. The van der Waals surface area contributed by atoms with E-state index in [2.05, 4.69) is 27.8 Å². The number of carbonyl (C=O) groups is 1. The van der Waals surface area contributed by atoms with E-state index in [1.54, 1.807) is 0 Å². The molecule has 86 valence electrons. The lowest BCUT2D eigenvalue weighted by atomic mass is 9.83. The van der Waals surface area contributed by atoms with Crippen LogP contribution in [0, 0.1) is 11.8 Å². The summed E-state index contributed by atoms with van der Waals surface area (Å²) in [6.45, 7) is 4.31. The summed E-state index contributed by atoms with van der Waals surface area (Å²) in [7, 11) is 0. The van der Waals surface area contributed by atoms with Gasteiger partial charge in [0.1, 0.15) is 0 Å². The number of halogens is 1. The van der Waals surface area contributed by atoms with Gasteiger partial charge in [0, 0.05) is 13.1 Å². The highest BCUT2D eigenvalue weighted by molar-refractivity contribution is 9.10. The van der Waals surface area contributed by atoms with Gasteiger partial charge < -0.3 is 4.90 Å². The minimum absolute atomic E-state index is 0.0972. The van der Waals surface area contributed by atoms with E-state index in [1.165, 1.54) is 25.7 Å². The van der Waals surface area contributed by atoms with Crippen molar-refractivity contribution in [2.75, 3.05) is 13.1 Å². The van der Waals surface area contributed by atoms with E-state index in [1.807, 2.05) is 0 Å². The van der Waals surface area contributed by atoms with E-state index in [-0.39, 0.29) is 4.83 Å². The Kier molecular flexibility index (Phi) is 3.70. The quantitative estimate of drug-likeness (QED) is 0.709. The zero-order chi connectivity index (χ0) is 10.8. The molecular formula is C12H20BrNO. The molecule has 0 spiro atoms. The molecule has 0 radical (unpaired) electrons. The fourth-order valence-electron chi connectivity index (χ4n) is 2.71. The number of amides is 1. The lowest BCUT2D eigenvalue weighted by molar-refractivity contribution is -0.127. The normalized spacial score (nSPS) is 37.3. The van der Waals surface area contributed by atoms with E-state index < -0.39 is 0 Å². The van der Waals surface area contributed by atoms with Gasteiger partial charge in [-0.25, -0.2) is 0 Å². The van der Waals surface area contributed by atoms with Crippen LogP contribution in [-0.4, -0.2) is 28.7 Å². The molecule has 1 saturated carbocycles. The zero-order valence-electron chi connectivity index (χ0n) is 9.42. The first kappa shape index (κ1) is 11.4. The Morgan fingerprint density at radius 2 is 1.93 bits per heavy atom. The molecule has 1 atom stereocenters. The first-order valence-corrected chi connectivity index (χ1v) is 7.01. The van der Waals surface area contributed by atoms with Crippen LogP contribution in [0.2, 0.25) is 0 Å². The summed E-state index contributed by atoms with van der Waals surface area (Å²) in [5.41, 5.74) is 0. The lowest BCUT2D eigenvalue weighted by Crippen LogP contribution is -2.33. The number of hydrogen-bond donors (Lipinski definition) is 0. The Hall–Kier alpha value is -0.0500. The van der Waals surface area contributed by atoms with Crippen molar-refractivity contribution in [1.29, 1.82) is 0 Å². The smallest absolute Gasteiger partial charge is 0.236 e. The summed E-state index contributed by atoms with van der Waals surface area (Å²) in [5.74, 6) is 1.98. The molecule has 2 rings (SSSR count). The number of nitrogens with zero attached hydrogens (tertiary/aromatic N) is 1. The van der Waals surface area contributed by atoms with Gasteiger partial charge in [0.15, 0.2) is 0 Å². The predicted molar refractivity (Wildman–Crippen MR) is 65.0 cm³/mol. The van der Waals surface area contributed by atoms with Gasteiger partial charge in [-0.3, -0.25) is 4.79 Å². The van der Waals surface area contributed by atoms with Gasteiger partial charge >= 0.3 is 0 Å². The van der Waals surface area contributed by atoms with Crippen LogP contribution in [0.15, 0.2) is 0 Å². The third-order valence-corrected chi connectivity index (χ3v) is 4.70. The minimum atomic E-state index is 0.0972. The Labute approximate surface area is 101 Å². The van der Waals surface area contributed by atoms with Crippen LogP contribution in [0.4, 0.5) is 0 Å². The number of rotatable bonds is 2. The summed E-state index contributed by atoms with van der Waals surface area (Å²) >= 11 is 3.43. The zero-order valence-corrected chi connectivity index (χ0v) is 11.0. The van der Waals surface area contributed by atoms with Gasteiger partial charge in [-0.2, -0.15) is 0 Å². The molecule has 2 aliphatic rings. The van der Waals surface area contributed by atoms with E-state index >= 15 is 0 Å². The van der Waals surface area contributed by atoms with Gasteiger partial charge in [-0.1, -0.05) is 35.7 Å². The van der Waals surface area contributed by atoms with Crippen molar-refractivity contribution in [3.63, 3.8) is 0 Å². The number of alkyl halides is 1. The highest BCUT2D eigenvalue weighted by Crippen LogP contribution is 2.30. The average Bonchev–Trinajstić information content (AvgIpc) is 2.53. The van der Waals surface area contributed by atoms with E-state index in [9.17, 15) is 4.79 Å². The summed E-state index contributed by atoms with van der Waals surface area (Å²) in [4.78, 5) is 13.9. The molecule has 0 bridgehead atoms. The average molecular weight is 274 g/mol. The van der Waals surface area contributed by atoms with Crippen LogP contribution < -0.4 is 0 Å². The molecule has 0 aromatic rings. The highest BCUT2D eigenvalue weighted by Gasteiger charge is 2.31. The Bertz CT molecular complexity index is 236. The Balaban J connectivity index is 1.80. The molecule has 1 aliphatic carbocycles. The molecule has 1 aliphatic heterocycles. The van der Waals surface area contributed by atoms with Crippen molar-refractivity contribution in [1.82, 2.24) is 4.90 Å². The molecule has 0 aromatic heterocycles. The van der Waals surface area contributed by atoms with Gasteiger partial charge in [0.2, 0.25) is 5.91 Å². The van der Waals surface area contributed by atoms with Crippen molar-refractivity contribution in [3.05, 3.63) is 0 Å². The van der Waals surface area contributed by atoms with Gasteiger partial charge in [-0.15, -0.1) is 0 Å². The van der Waals surface area contributed by atoms with Gasteiger partial charge in [0.25, 0.3) is 0 Å². The number of hydrogen-bond acceptors (Lipinski definition) is 1. The molecule has 1 amide bonds. The van der Waals surface area contributed by atoms with Crippen molar-refractivity contribution < 1.29 is 4.79 Å². The fraction of sp³-hybridized carbons (Fsp3) is 0.917. The molecule has 2 nitrogen and oxygen atoms in total. The Morgan fingerprint density at radius 3 is 2.47 bits per heavy atom. The molecule has 0 aromatic carbocycles. The SMILES string of the molecule is CC1CCC(CN2CCC(Br)C2=O)CC1. The fourth-order valence-corrected chi connectivity index (χ4v) is 3.20. The van der Waals surface area contributed by atoms with Crippen molar-refractivity contribution in [2.24, 2.45) is 11.8 Å². The molecule has 1 saturated heterocycles. The maximum absolute atomic E-state index is 11.7. The second-order valence-corrected chi connectivity index (χ2v) is 6.27. The topological polar surface area (TPSA) is 20.3 Å². The molecule has 2 fully saturated rings. The standard InChI is InChI=1S/C12H20BrNO/c1-9-2-4-10(5-3-9)8-14-7-6-11(13)12(14)15/h9-11H,2-8H2,1H3. The minimum Gasteiger partial charge on any atom is -0.341 e. The second kappa shape index (κ2) is 4.86. The van der Waals surface area contributed by atoms with Crippen molar-refractivity contribution in [3.8, 4) is 0 Å². The lowest BCUT2D eigenvalue weighted by Gasteiger charge is -2.29. The maximum Gasteiger partial charge on any atom is 0.236 e. The first-order valence-electron chi connectivity index (χ1n) is 6.09. The van der Waals surface area contributed by atoms with Crippen LogP contribution in [0.3, 0.4) is 0 Å². The monoisotopic (exact) mass is 273 g/mol. The summed E-state index contributed by atoms with van der Waals surface area (Å²) in [5, 5.41) is 0. The van der Waals surface area contributed by atoms with Crippen LogP contribution >= 0.6 is 15.9 Å². The third-order valence-electron chi connectivity index (χ3n) is 3.85. The van der Waals surface area contributed by atoms with Crippen LogP contribution in [0.1, 0.15) is 39.0 Å². The van der Waals surface area contributed by atoms with E-state index in [4.69, 9.17) is 0 Å². The summed E-state index contributed by atoms with van der Waals surface area (Å²) in [6, 6.07) is 0. The molecule has 1 unspecified atom stereocenters. The third kappa shape index (κ3) is 2.74. The highest BCUT2D eigenvalue weighted by atomic mass is 79.9. The predicted octanol–water partition coefficient (Wildman–Crippen LogP) is 2.81. The van der Waals surface area contributed by atoms with Crippen LogP contribution in [0.25, 0.3) is 0 Å². The van der Waals surface area contributed by atoms with Gasteiger partial charge in [-0.05, 0) is 31.1 Å². The maximum atomic E-state index is 11.7. The molecule has 0 N–H and O–H groups in total. The van der Waals surface area contributed by atoms with Crippen molar-refractivity contribution >= 4 is 21.8 Å². The van der Waals surface area contributed by atoms with Crippen molar-refractivity contribution in [2.45, 2.75) is 43.9 Å². The molecular weight excluding hydrogens is 254 g/mol. The molecule has 1 heterocycles.